The molecule has 0 saturated heterocycles. The highest BCUT2D eigenvalue weighted by Gasteiger charge is 2.36. The number of rotatable bonds is 8. The molecule has 11 heteroatoms. The first-order valence-corrected chi connectivity index (χ1v) is 9.51. The molecule has 0 unspecified atom stereocenters. The highest BCUT2D eigenvalue weighted by molar-refractivity contribution is 5.62. The van der Waals surface area contributed by atoms with E-state index in [1.807, 2.05) is 30.3 Å². The Balaban J connectivity index is 1.76. The summed E-state index contributed by atoms with van der Waals surface area (Å²) in [7, 11) is 0. The molecule has 0 saturated carbocycles. The van der Waals surface area contributed by atoms with Crippen molar-refractivity contribution in [3.05, 3.63) is 88.9 Å². The van der Waals surface area contributed by atoms with Gasteiger partial charge < -0.3 is 14.1 Å². The van der Waals surface area contributed by atoms with Gasteiger partial charge in [0, 0.05) is 5.69 Å². The molecule has 3 rings (SSSR count). The highest BCUT2D eigenvalue weighted by atomic mass is 19.4. The maximum Gasteiger partial charge on any atom is 0.407 e. The van der Waals surface area contributed by atoms with Crippen molar-refractivity contribution in [2.75, 3.05) is 11.4 Å². The van der Waals surface area contributed by atoms with Crippen LogP contribution in [0.15, 0.2) is 59.1 Å². The lowest BCUT2D eigenvalue weighted by atomic mass is 10.1. The maximum absolute atomic E-state index is 13.3. The molecule has 3 aromatic rings. The third-order valence-corrected chi connectivity index (χ3v) is 4.42. The molecule has 0 atom stereocenters. The Morgan fingerprint density at radius 3 is 2.36 bits per heavy atom. The van der Waals surface area contributed by atoms with Gasteiger partial charge in [0.15, 0.2) is 5.69 Å². The first-order valence-electron chi connectivity index (χ1n) is 9.51. The lowest BCUT2D eigenvalue weighted by Crippen LogP contribution is -2.34. The van der Waals surface area contributed by atoms with E-state index in [9.17, 15) is 26.3 Å². The predicted molar refractivity (Wildman–Crippen MR) is 106 cm³/mol. The zero-order valence-corrected chi connectivity index (χ0v) is 17.0. The summed E-state index contributed by atoms with van der Waals surface area (Å²) in [4.78, 5) is 7.37. The van der Waals surface area contributed by atoms with Gasteiger partial charge in [0.25, 0.3) is 0 Å². The number of benzene rings is 2. The summed E-state index contributed by atoms with van der Waals surface area (Å²) in [6.45, 7) is 5.10. The van der Waals surface area contributed by atoms with Crippen molar-refractivity contribution in [3.63, 3.8) is 0 Å². The Kier molecular flexibility index (Phi) is 7.28. The molecule has 5 nitrogen and oxygen atoms in total. The number of hydrogen-bond acceptors (Lipinski definition) is 4. The molecule has 1 heterocycles. The molecule has 1 aromatic heterocycles. The third-order valence-electron chi connectivity index (χ3n) is 4.42. The fraction of sp³-hybridized carbons (Fsp3) is 0.273. The van der Waals surface area contributed by atoms with E-state index in [4.69, 9.17) is 15.7 Å². The second-order valence-corrected chi connectivity index (χ2v) is 6.98. The molecule has 0 aliphatic heterocycles. The Hall–Kier alpha value is -3.52. The largest absolute Gasteiger partial charge is 0.441 e. The zero-order chi connectivity index (χ0) is 24.1. The first kappa shape index (κ1) is 24.1. The van der Waals surface area contributed by atoms with Crippen LogP contribution in [0.2, 0.25) is 0 Å². The van der Waals surface area contributed by atoms with Crippen LogP contribution in [-0.2, 0) is 30.7 Å². The summed E-state index contributed by atoms with van der Waals surface area (Å²) in [6, 6.07) is 11.6. The Bertz CT molecular complexity index is 1100. The standard InChI is InChI=1S/C22H17F6N3O2/c1-29-19-8-7-16(9-18(19)22(26,27)28)31(14-21(23,24)25)11-20-30-10-17(33-20)13-32-12-15-5-3-2-4-6-15/h2-10H,11-14H2. The highest BCUT2D eigenvalue weighted by Crippen LogP contribution is 2.39. The summed E-state index contributed by atoms with van der Waals surface area (Å²) in [5.41, 5.74) is -1.47. The van der Waals surface area contributed by atoms with Crippen LogP contribution < -0.4 is 4.90 Å². The Labute approximate surface area is 185 Å². The molecule has 0 amide bonds. The number of halogens is 6. The maximum atomic E-state index is 13.3. The summed E-state index contributed by atoms with van der Waals surface area (Å²) in [6.07, 6.45) is -8.31. The van der Waals surface area contributed by atoms with Gasteiger partial charge in [0.1, 0.15) is 18.9 Å². The minimum Gasteiger partial charge on any atom is -0.441 e. The first-order chi connectivity index (χ1) is 15.5. The fourth-order valence-corrected chi connectivity index (χ4v) is 2.99. The lowest BCUT2D eigenvalue weighted by molar-refractivity contribution is -0.136. The van der Waals surface area contributed by atoms with E-state index in [1.54, 1.807) is 0 Å². The van der Waals surface area contributed by atoms with E-state index in [2.05, 4.69) is 9.83 Å². The fourth-order valence-electron chi connectivity index (χ4n) is 2.99. The van der Waals surface area contributed by atoms with Gasteiger partial charge in [0.2, 0.25) is 5.89 Å². The van der Waals surface area contributed by atoms with Crippen molar-refractivity contribution in [1.82, 2.24) is 4.98 Å². The van der Waals surface area contributed by atoms with E-state index in [-0.39, 0.29) is 30.6 Å². The third kappa shape index (κ3) is 6.98. The number of alkyl halides is 6. The molecule has 33 heavy (non-hydrogen) atoms. The minimum absolute atomic E-state index is 0.0130. The van der Waals surface area contributed by atoms with Crippen LogP contribution in [0.3, 0.4) is 0 Å². The minimum atomic E-state index is -4.90. The number of nitrogens with zero attached hydrogens (tertiary/aromatic N) is 3. The van der Waals surface area contributed by atoms with Crippen LogP contribution in [0.1, 0.15) is 22.8 Å². The van der Waals surface area contributed by atoms with Crippen molar-refractivity contribution in [2.45, 2.75) is 32.1 Å². The molecule has 174 valence electrons. The number of ether oxygens (including phenoxy) is 1. The van der Waals surface area contributed by atoms with Gasteiger partial charge in [-0.15, -0.1) is 0 Å². The molecular weight excluding hydrogens is 452 g/mol. The van der Waals surface area contributed by atoms with Crippen molar-refractivity contribution < 1.29 is 35.5 Å². The summed E-state index contributed by atoms with van der Waals surface area (Å²) < 4.78 is 90.1. The van der Waals surface area contributed by atoms with Crippen LogP contribution in [0.4, 0.5) is 37.7 Å². The normalized spacial score (nSPS) is 11.9. The molecule has 0 bridgehead atoms. The van der Waals surface area contributed by atoms with Gasteiger partial charge in [-0.2, -0.15) is 26.3 Å². The smallest absolute Gasteiger partial charge is 0.407 e. The quantitative estimate of drug-likeness (QED) is 0.278. The molecule has 0 fully saturated rings. The predicted octanol–water partition coefficient (Wildman–Crippen LogP) is 6.53. The van der Waals surface area contributed by atoms with Crippen LogP contribution in [0, 0.1) is 6.57 Å². The van der Waals surface area contributed by atoms with Gasteiger partial charge in [0.05, 0.1) is 31.5 Å². The Morgan fingerprint density at radius 1 is 1.00 bits per heavy atom. The van der Waals surface area contributed by atoms with Crippen molar-refractivity contribution >= 4 is 11.4 Å². The molecule has 0 aliphatic rings. The van der Waals surface area contributed by atoms with Gasteiger partial charge in [-0.3, -0.25) is 0 Å². The van der Waals surface area contributed by atoms with Gasteiger partial charge in [-0.1, -0.05) is 36.4 Å². The SMILES string of the molecule is [C-]#[N+]c1ccc(N(Cc2ncc(COCc3ccccc3)o2)CC(F)(F)F)cc1C(F)(F)F. The molecular formula is C22H17F6N3O2. The topological polar surface area (TPSA) is 42.9 Å². The van der Waals surface area contributed by atoms with Crippen molar-refractivity contribution in [3.8, 4) is 0 Å². The second kappa shape index (κ2) is 9.95. The molecule has 0 spiro atoms. The second-order valence-electron chi connectivity index (χ2n) is 6.98. The van der Waals surface area contributed by atoms with Crippen molar-refractivity contribution in [2.24, 2.45) is 0 Å². The van der Waals surface area contributed by atoms with E-state index in [0.29, 0.717) is 11.0 Å². The Morgan fingerprint density at radius 2 is 1.73 bits per heavy atom. The molecule has 2 aromatic carbocycles. The zero-order valence-electron chi connectivity index (χ0n) is 17.0. The van der Waals surface area contributed by atoms with Crippen LogP contribution in [-0.4, -0.2) is 17.7 Å². The van der Waals surface area contributed by atoms with Crippen LogP contribution in [0.25, 0.3) is 4.85 Å². The number of hydrogen-bond donors (Lipinski definition) is 0. The monoisotopic (exact) mass is 469 g/mol. The summed E-state index contributed by atoms with van der Waals surface area (Å²) in [5.74, 6) is 0.132. The van der Waals surface area contributed by atoms with Crippen LogP contribution in [0.5, 0.6) is 0 Å². The number of anilines is 1. The lowest BCUT2D eigenvalue weighted by Gasteiger charge is -2.25. The van der Waals surface area contributed by atoms with E-state index in [1.165, 1.54) is 6.20 Å². The number of aromatic nitrogens is 1. The van der Waals surface area contributed by atoms with E-state index >= 15 is 0 Å². The van der Waals surface area contributed by atoms with E-state index < -0.39 is 36.7 Å². The molecule has 0 aliphatic carbocycles. The number of oxazole rings is 1. The average molecular weight is 469 g/mol. The van der Waals surface area contributed by atoms with Crippen molar-refractivity contribution in [1.29, 1.82) is 0 Å². The average Bonchev–Trinajstić information content (AvgIpc) is 3.19. The summed E-state index contributed by atoms with van der Waals surface area (Å²) in [5, 5.41) is 0. The summed E-state index contributed by atoms with van der Waals surface area (Å²) >= 11 is 0. The van der Waals surface area contributed by atoms with Gasteiger partial charge in [-0.05, 0) is 17.7 Å². The van der Waals surface area contributed by atoms with Crippen LogP contribution >= 0.6 is 0 Å². The van der Waals surface area contributed by atoms with Gasteiger partial charge in [-0.25, -0.2) is 9.83 Å². The molecule has 0 radical (unpaired) electrons. The molecule has 0 N–H and O–H groups in total. The van der Waals surface area contributed by atoms with Gasteiger partial charge >= 0.3 is 12.4 Å². The van der Waals surface area contributed by atoms with E-state index in [0.717, 1.165) is 17.7 Å².